The maximum Gasteiger partial charge on any atom is 0.207 e. The van der Waals surface area contributed by atoms with E-state index in [1.807, 2.05) is 37.3 Å². The van der Waals surface area contributed by atoms with Crippen molar-refractivity contribution in [1.29, 1.82) is 0 Å². The van der Waals surface area contributed by atoms with Crippen LogP contribution in [0.2, 0.25) is 0 Å². The molecule has 0 spiro atoms. The van der Waals surface area contributed by atoms with Gasteiger partial charge in [0.25, 0.3) is 0 Å². The van der Waals surface area contributed by atoms with Gasteiger partial charge in [0, 0.05) is 0 Å². The lowest BCUT2D eigenvalue weighted by Crippen LogP contribution is -2.35. The van der Waals surface area contributed by atoms with Gasteiger partial charge in [-0.25, -0.2) is 0 Å². The number of anilines is 1. The molecule has 1 unspecified atom stereocenters. The van der Waals surface area contributed by atoms with Crippen LogP contribution in [0.25, 0.3) is 0 Å². The highest BCUT2D eigenvalue weighted by molar-refractivity contribution is 9.11. The van der Waals surface area contributed by atoms with E-state index >= 15 is 0 Å². The Morgan fingerprint density at radius 1 is 1.35 bits per heavy atom. The van der Waals surface area contributed by atoms with Gasteiger partial charge < -0.3 is 10.4 Å². The van der Waals surface area contributed by atoms with Crippen LogP contribution in [0.1, 0.15) is 12.5 Å². The molecule has 1 heterocycles. The van der Waals surface area contributed by atoms with Crippen molar-refractivity contribution >= 4 is 32.4 Å². The topological polar surface area (TPSA) is 58.0 Å². The number of aliphatic hydroxyl groups excluding tert-OH is 1. The molecular formula is C11H12BrN3OS. The smallest absolute Gasteiger partial charge is 0.207 e. The highest BCUT2D eigenvalue weighted by Gasteiger charge is 2.26. The van der Waals surface area contributed by atoms with Gasteiger partial charge in [-0.2, -0.15) is 0 Å². The van der Waals surface area contributed by atoms with Crippen LogP contribution < -0.4 is 5.32 Å². The van der Waals surface area contributed by atoms with Crippen LogP contribution in [-0.2, 0) is 5.54 Å². The Morgan fingerprint density at radius 2 is 2.06 bits per heavy atom. The number of benzene rings is 1. The molecule has 17 heavy (non-hydrogen) atoms. The molecule has 1 atom stereocenters. The van der Waals surface area contributed by atoms with E-state index in [2.05, 4.69) is 31.4 Å². The van der Waals surface area contributed by atoms with Crippen molar-refractivity contribution in [3.63, 3.8) is 0 Å². The number of hydrogen-bond acceptors (Lipinski definition) is 5. The Hall–Kier alpha value is -0.980. The lowest BCUT2D eigenvalue weighted by atomic mass is 9.93. The largest absolute Gasteiger partial charge is 0.394 e. The zero-order valence-electron chi connectivity index (χ0n) is 9.22. The summed E-state index contributed by atoms with van der Waals surface area (Å²) in [6.07, 6.45) is 0. The third-order valence-electron chi connectivity index (χ3n) is 2.51. The van der Waals surface area contributed by atoms with Crippen molar-refractivity contribution in [2.75, 3.05) is 11.9 Å². The van der Waals surface area contributed by atoms with E-state index in [-0.39, 0.29) is 6.61 Å². The first kappa shape index (κ1) is 12.5. The van der Waals surface area contributed by atoms with Crippen molar-refractivity contribution < 1.29 is 5.11 Å². The molecule has 0 amide bonds. The summed E-state index contributed by atoms with van der Waals surface area (Å²) < 4.78 is 0.716. The van der Waals surface area contributed by atoms with Gasteiger partial charge in [-0.3, -0.25) is 0 Å². The van der Waals surface area contributed by atoms with Crippen molar-refractivity contribution in [1.82, 2.24) is 10.2 Å². The lowest BCUT2D eigenvalue weighted by molar-refractivity contribution is 0.224. The van der Waals surface area contributed by atoms with E-state index in [0.29, 0.717) is 9.05 Å². The number of aromatic nitrogens is 2. The highest BCUT2D eigenvalue weighted by atomic mass is 79.9. The summed E-state index contributed by atoms with van der Waals surface area (Å²) in [7, 11) is 0. The predicted octanol–water partition coefficient (Wildman–Crippen LogP) is 2.62. The van der Waals surface area contributed by atoms with Crippen molar-refractivity contribution in [3.8, 4) is 0 Å². The van der Waals surface area contributed by atoms with Crippen molar-refractivity contribution in [2.45, 2.75) is 12.5 Å². The minimum Gasteiger partial charge on any atom is -0.394 e. The molecule has 0 aliphatic rings. The predicted molar refractivity (Wildman–Crippen MR) is 72.1 cm³/mol. The van der Waals surface area contributed by atoms with E-state index in [4.69, 9.17) is 0 Å². The van der Waals surface area contributed by atoms with Crippen LogP contribution >= 0.6 is 27.3 Å². The molecule has 0 bridgehead atoms. The molecule has 0 radical (unpaired) electrons. The fraction of sp³-hybridized carbons (Fsp3) is 0.273. The molecule has 0 aliphatic carbocycles. The standard InChI is InChI=1S/C11H12BrN3OS/c1-11(7-16,8-5-3-2-4-6-8)13-10-15-14-9(12)17-10/h2-6,16H,7H2,1H3,(H,13,15). The van der Waals surface area contributed by atoms with E-state index in [9.17, 15) is 5.11 Å². The zero-order valence-corrected chi connectivity index (χ0v) is 11.6. The first-order valence-electron chi connectivity index (χ1n) is 5.07. The van der Waals surface area contributed by atoms with Gasteiger partial charge in [0.1, 0.15) is 0 Å². The van der Waals surface area contributed by atoms with E-state index < -0.39 is 5.54 Å². The SMILES string of the molecule is CC(CO)(Nc1nnc(Br)s1)c1ccccc1. The molecule has 90 valence electrons. The van der Waals surface area contributed by atoms with Gasteiger partial charge in [-0.05, 0) is 28.4 Å². The first-order valence-corrected chi connectivity index (χ1v) is 6.68. The average Bonchev–Trinajstić information content (AvgIpc) is 2.75. The molecule has 0 aliphatic heterocycles. The van der Waals surface area contributed by atoms with Crippen molar-refractivity contribution in [3.05, 3.63) is 39.8 Å². The molecule has 1 aromatic carbocycles. The maximum atomic E-state index is 9.59. The van der Waals surface area contributed by atoms with E-state index in [0.717, 1.165) is 5.56 Å². The minimum atomic E-state index is -0.555. The third-order valence-corrected chi connectivity index (χ3v) is 3.78. The molecule has 4 nitrogen and oxygen atoms in total. The molecule has 2 rings (SSSR count). The molecule has 2 aromatic rings. The molecule has 6 heteroatoms. The van der Waals surface area contributed by atoms with Crippen LogP contribution in [0.4, 0.5) is 5.13 Å². The second-order valence-electron chi connectivity index (χ2n) is 3.84. The Bertz CT molecular complexity index is 490. The first-order chi connectivity index (χ1) is 8.14. The van der Waals surface area contributed by atoms with Crippen LogP contribution in [0, 0.1) is 0 Å². The molecule has 0 fully saturated rings. The summed E-state index contributed by atoms with van der Waals surface area (Å²) in [5, 5.41) is 21.3. The highest BCUT2D eigenvalue weighted by Crippen LogP contribution is 2.28. The molecule has 0 saturated heterocycles. The third kappa shape index (κ3) is 2.83. The number of hydrogen-bond donors (Lipinski definition) is 2. The summed E-state index contributed by atoms with van der Waals surface area (Å²) in [4.78, 5) is 0. The van der Waals surface area contributed by atoms with Gasteiger partial charge in [0.15, 0.2) is 3.92 Å². The molecule has 2 N–H and O–H groups in total. The van der Waals surface area contributed by atoms with Gasteiger partial charge in [-0.15, -0.1) is 10.2 Å². The summed E-state index contributed by atoms with van der Waals surface area (Å²) in [5.74, 6) is 0. The second-order valence-corrected chi connectivity index (χ2v) is 6.09. The molecule has 1 aromatic heterocycles. The summed E-state index contributed by atoms with van der Waals surface area (Å²) in [6, 6.07) is 9.78. The number of halogens is 1. The monoisotopic (exact) mass is 313 g/mol. The van der Waals surface area contributed by atoms with Gasteiger partial charge in [0.2, 0.25) is 5.13 Å². The Balaban J connectivity index is 2.26. The summed E-state index contributed by atoms with van der Waals surface area (Å²) in [5.41, 5.74) is 0.453. The Labute approximate surface area is 112 Å². The number of nitrogens with one attached hydrogen (secondary N) is 1. The van der Waals surface area contributed by atoms with Gasteiger partial charge in [0.05, 0.1) is 12.1 Å². The fourth-order valence-electron chi connectivity index (χ4n) is 1.50. The summed E-state index contributed by atoms with van der Waals surface area (Å²) >= 11 is 4.66. The van der Waals surface area contributed by atoms with Gasteiger partial charge >= 0.3 is 0 Å². The number of nitrogens with zero attached hydrogens (tertiary/aromatic N) is 2. The normalized spacial score (nSPS) is 14.3. The summed E-state index contributed by atoms with van der Waals surface area (Å²) in [6.45, 7) is 1.91. The second kappa shape index (κ2) is 5.12. The lowest BCUT2D eigenvalue weighted by Gasteiger charge is -2.28. The Kier molecular flexibility index (Phi) is 3.76. The zero-order chi connectivity index (χ0) is 12.3. The van der Waals surface area contributed by atoms with Crippen molar-refractivity contribution in [2.24, 2.45) is 0 Å². The van der Waals surface area contributed by atoms with Crippen LogP contribution in [0.15, 0.2) is 34.2 Å². The minimum absolute atomic E-state index is 0.0196. The van der Waals surface area contributed by atoms with Gasteiger partial charge in [-0.1, -0.05) is 41.7 Å². The van der Waals surface area contributed by atoms with Crippen LogP contribution in [0.5, 0.6) is 0 Å². The maximum absolute atomic E-state index is 9.59. The Morgan fingerprint density at radius 3 is 2.59 bits per heavy atom. The average molecular weight is 314 g/mol. The number of aliphatic hydroxyl groups is 1. The number of rotatable bonds is 4. The van der Waals surface area contributed by atoms with E-state index in [1.165, 1.54) is 11.3 Å². The van der Waals surface area contributed by atoms with E-state index in [1.54, 1.807) is 0 Å². The molecule has 0 saturated carbocycles. The van der Waals surface area contributed by atoms with Crippen LogP contribution in [0.3, 0.4) is 0 Å². The fourth-order valence-corrected chi connectivity index (χ4v) is 2.64. The molecular weight excluding hydrogens is 302 g/mol. The quantitative estimate of drug-likeness (QED) is 0.911. The van der Waals surface area contributed by atoms with Crippen LogP contribution in [-0.4, -0.2) is 21.9 Å².